The van der Waals surface area contributed by atoms with Crippen LogP contribution in [0.2, 0.25) is 6.04 Å². The molecule has 0 heterocycles. The van der Waals surface area contributed by atoms with Gasteiger partial charge in [0.15, 0.2) is 0 Å². The lowest BCUT2D eigenvalue weighted by Crippen LogP contribution is -2.46. The maximum Gasteiger partial charge on any atom is 0.500 e. The first-order valence-corrected chi connectivity index (χ1v) is 8.74. The molecular formula is C12H29NO3Si. The molecule has 0 amide bonds. The normalized spacial score (nSPS) is 13.9. The van der Waals surface area contributed by atoms with Crippen LogP contribution in [0, 0.1) is 0 Å². The largest absolute Gasteiger partial charge is 0.500 e. The molecule has 17 heavy (non-hydrogen) atoms. The molecule has 1 unspecified atom stereocenters. The molecule has 0 aromatic rings. The number of nitrogens with two attached hydrogens (primary N) is 1. The average Bonchev–Trinajstić information content (AvgIpc) is 2.30. The van der Waals surface area contributed by atoms with E-state index in [9.17, 15) is 0 Å². The van der Waals surface area contributed by atoms with Crippen LogP contribution in [-0.4, -0.2) is 34.7 Å². The molecule has 0 bridgehead atoms. The zero-order chi connectivity index (χ0) is 13.1. The molecule has 0 aromatic heterocycles. The fraction of sp³-hybridized carbons (Fsp3) is 1.00. The Morgan fingerprint density at radius 1 is 0.941 bits per heavy atom. The molecule has 0 spiro atoms. The Morgan fingerprint density at radius 2 is 1.41 bits per heavy atom. The third kappa shape index (κ3) is 7.16. The molecule has 0 aliphatic rings. The summed E-state index contributed by atoms with van der Waals surface area (Å²) < 4.78 is 17.3. The Labute approximate surface area is 107 Å². The first-order chi connectivity index (χ1) is 8.14. The van der Waals surface area contributed by atoms with E-state index < -0.39 is 8.80 Å². The van der Waals surface area contributed by atoms with Crippen molar-refractivity contribution in [2.45, 2.75) is 59.0 Å². The van der Waals surface area contributed by atoms with Crippen molar-refractivity contribution in [2.24, 2.45) is 5.73 Å². The zero-order valence-corrected chi connectivity index (χ0v) is 12.8. The van der Waals surface area contributed by atoms with Gasteiger partial charge >= 0.3 is 8.80 Å². The van der Waals surface area contributed by atoms with E-state index in [0.29, 0.717) is 19.8 Å². The van der Waals surface area contributed by atoms with Crippen LogP contribution in [0.4, 0.5) is 0 Å². The molecule has 0 rings (SSSR count). The topological polar surface area (TPSA) is 53.7 Å². The molecule has 0 aliphatic carbocycles. The first kappa shape index (κ1) is 17.1. The summed E-state index contributed by atoms with van der Waals surface area (Å²) in [5, 5.41) is 0. The predicted molar refractivity (Wildman–Crippen MR) is 72.9 cm³/mol. The average molecular weight is 263 g/mol. The van der Waals surface area contributed by atoms with Gasteiger partial charge in [0, 0.05) is 31.9 Å². The highest BCUT2D eigenvalue weighted by Gasteiger charge is 2.39. The van der Waals surface area contributed by atoms with Crippen molar-refractivity contribution in [2.75, 3.05) is 19.8 Å². The molecule has 0 saturated carbocycles. The zero-order valence-electron chi connectivity index (χ0n) is 11.8. The van der Waals surface area contributed by atoms with Crippen molar-refractivity contribution >= 4 is 8.80 Å². The van der Waals surface area contributed by atoms with Crippen LogP contribution < -0.4 is 5.73 Å². The van der Waals surface area contributed by atoms with Gasteiger partial charge in [0.05, 0.1) is 0 Å². The number of rotatable bonds is 11. The van der Waals surface area contributed by atoms with Gasteiger partial charge in [0.25, 0.3) is 0 Å². The van der Waals surface area contributed by atoms with Gasteiger partial charge in [0.1, 0.15) is 0 Å². The quantitative estimate of drug-likeness (QED) is 0.582. The lowest BCUT2D eigenvalue weighted by Gasteiger charge is -2.28. The molecule has 0 saturated heterocycles. The van der Waals surface area contributed by atoms with Crippen molar-refractivity contribution in [3.8, 4) is 0 Å². The van der Waals surface area contributed by atoms with Crippen LogP contribution in [-0.2, 0) is 13.3 Å². The van der Waals surface area contributed by atoms with Gasteiger partial charge < -0.3 is 19.0 Å². The lowest BCUT2D eigenvalue weighted by molar-refractivity contribution is 0.0705. The fourth-order valence-corrected chi connectivity index (χ4v) is 4.43. The van der Waals surface area contributed by atoms with Crippen molar-refractivity contribution in [1.82, 2.24) is 0 Å². The van der Waals surface area contributed by atoms with Gasteiger partial charge in [-0.2, -0.15) is 0 Å². The number of hydrogen-bond donors (Lipinski definition) is 1. The van der Waals surface area contributed by atoms with Crippen molar-refractivity contribution < 1.29 is 13.3 Å². The molecule has 0 fully saturated rings. The summed E-state index contributed by atoms with van der Waals surface area (Å²) in [6, 6.07) is 1.16. The van der Waals surface area contributed by atoms with E-state index in [1.54, 1.807) is 0 Å². The highest BCUT2D eigenvalue weighted by Crippen LogP contribution is 2.20. The van der Waals surface area contributed by atoms with E-state index in [4.69, 9.17) is 19.0 Å². The third-order valence-electron chi connectivity index (χ3n) is 2.68. The summed E-state index contributed by atoms with van der Waals surface area (Å²) in [5.74, 6) is 0. The molecule has 0 aromatic carbocycles. The van der Waals surface area contributed by atoms with Crippen molar-refractivity contribution in [3.05, 3.63) is 0 Å². The monoisotopic (exact) mass is 263 g/mol. The van der Waals surface area contributed by atoms with Gasteiger partial charge in [-0.1, -0.05) is 6.92 Å². The van der Waals surface area contributed by atoms with E-state index >= 15 is 0 Å². The Hall–Kier alpha value is 0.0569. The van der Waals surface area contributed by atoms with E-state index in [0.717, 1.165) is 25.3 Å². The smallest absolute Gasteiger partial charge is 0.374 e. The van der Waals surface area contributed by atoms with Gasteiger partial charge in [-0.15, -0.1) is 0 Å². The van der Waals surface area contributed by atoms with Gasteiger partial charge in [-0.05, 0) is 40.0 Å². The second kappa shape index (κ2) is 10.0. The van der Waals surface area contributed by atoms with E-state index in [-0.39, 0.29) is 6.04 Å². The third-order valence-corrected chi connectivity index (χ3v) is 5.83. The fourth-order valence-electron chi connectivity index (χ4n) is 1.79. The Morgan fingerprint density at radius 3 is 1.76 bits per heavy atom. The minimum Gasteiger partial charge on any atom is -0.374 e. The summed E-state index contributed by atoms with van der Waals surface area (Å²) in [5.41, 5.74) is 5.92. The van der Waals surface area contributed by atoms with Gasteiger partial charge in [0.2, 0.25) is 0 Å². The van der Waals surface area contributed by atoms with E-state index in [2.05, 4.69) is 6.92 Å². The Balaban J connectivity index is 4.23. The van der Waals surface area contributed by atoms with Gasteiger partial charge in [-0.3, -0.25) is 0 Å². The maximum absolute atomic E-state index is 5.92. The summed E-state index contributed by atoms with van der Waals surface area (Å²) in [4.78, 5) is 0. The molecule has 104 valence electrons. The van der Waals surface area contributed by atoms with Crippen LogP contribution in [0.5, 0.6) is 0 Å². The highest BCUT2D eigenvalue weighted by atomic mass is 28.4. The van der Waals surface area contributed by atoms with Crippen LogP contribution in [0.25, 0.3) is 0 Å². The molecule has 4 nitrogen and oxygen atoms in total. The van der Waals surface area contributed by atoms with Crippen LogP contribution in [0.15, 0.2) is 0 Å². The van der Waals surface area contributed by atoms with E-state index in [1.807, 2.05) is 20.8 Å². The molecule has 0 aliphatic heterocycles. The second-order valence-corrected chi connectivity index (χ2v) is 6.77. The standard InChI is InChI=1S/C12H29NO3Si/c1-5-12(13)10-9-11-17(14-6-2,15-7-3)16-8-4/h12H,5-11,13H2,1-4H3. The van der Waals surface area contributed by atoms with Crippen LogP contribution in [0.3, 0.4) is 0 Å². The molecule has 1 atom stereocenters. The summed E-state index contributed by atoms with van der Waals surface area (Å²) in [6.45, 7) is 10.00. The molecule has 0 radical (unpaired) electrons. The Kier molecular flexibility index (Phi) is 10.1. The van der Waals surface area contributed by atoms with Crippen LogP contribution >= 0.6 is 0 Å². The summed E-state index contributed by atoms with van der Waals surface area (Å²) in [6.07, 6.45) is 3.05. The van der Waals surface area contributed by atoms with Crippen LogP contribution in [0.1, 0.15) is 47.0 Å². The number of hydrogen-bond acceptors (Lipinski definition) is 4. The van der Waals surface area contributed by atoms with Crippen molar-refractivity contribution in [1.29, 1.82) is 0 Å². The second-order valence-electron chi connectivity index (χ2n) is 4.04. The predicted octanol–water partition coefficient (Wildman–Crippen LogP) is 2.55. The minimum absolute atomic E-state index is 0.284. The SMILES string of the molecule is CCO[Si](CCCC(N)CC)(OCC)OCC. The molecular weight excluding hydrogens is 234 g/mol. The molecule has 2 N–H and O–H groups in total. The minimum atomic E-state index is -2.43. The lowest BCUT2D eigenvalue weighted by atomic mass is 10.1. The first-order valence-electron chi connectivity index (χ1n) is 6.81. The maximum atomic E-state index is 5.92. The van der Waals surface area contributed by atoms with E-state index in [1.165, 1.54) is 0 Å². The van der Waals surface area contributed by atoms with Gasteiger partial charge in [-0.25, -0.2) is 0 Å². The Bertz CT molecular complexity index is 164. The highest BCUT2D eigenvalue weighted by molar-refractivity contribution is 6.60. The summed E-state index contributed by atoms with van der Waals surface area (Å²) in [7, 11) is -2.43. The molecule has 5 heteroatoms. The summed E-state index contributed by atoms with van der Waals surface area (Å²) >= 11 is 0. The van der Waals surface area contributed by atoms with Crippen molar-refractivity contribution in [3.63, 3.8) is 0 Å².